The molecule has 4 aromatic rings. The summed E-state index contributed by atoms with van der Waals surface area (Å²) in [5, 5.41) is 5.84. The molecule has 0 aliphatic rings. The van der Waals surface area contributed by atoms with E-state index in [9.17, 15) is 4.79 Å². The Morgan fingerprint density at radius 3 is 2.61 bits per heavy atom. The molecule has 0 saturated heterocycles. The number of fused-ring (bicyclic) bond motifs is 1. The second-order valence-corrected chi connectivity index (χ2v) is 8.06. The number of hydrogen-bond donors (Lipinski definition) is 1. The number of allylic oxidation sites excluding steroid dienone is 1. The third kappa shape index (κ3) is 4.34. The van der Waals surface area contributed by atoms with E-state index in [-0.39, 0.29) is 5.91 Å². The molecule has 0 spiro atoms. The smallest absolute Gasteiger partial charge is 0.244 e. The van der Waals surface area contributed by atoms with Crippen LogP contribution in [0.3, 0.4) is 0 Å². The van der Waals surface area contributed by atoms with Crippen LogP contribution < -0.4 is 14.8 Å². The van der Waals surface area contributed by atoms with Gasteiger partial charge in [-0.1, -0.05) is 24.3 Å². The molecule has 158 valence electrons. The highest BCUT2D eigenvalue weighted by Crippen LogP contribution is 2.40. The molecular formula is C25H23NO4S. The first-order valence-corrected chi connectivity index (χ1v) is 10.7. The van der Waals surface area contributed by atoms with E-state index in [4.69, 9.17) is 13.9 Å². The van der Waals surface area contributed by atoms with Crippen molar-refractivity contribution in [1.29, 1.82) is 0 Å². The number of rotatable bonds is 7. The van der Waals surface area contributed by atoms with Crippen LogP contribution in [0.4, 0.5) is 0 Å². The molecule has 5 nitrogen and oxygen atoms in total. The summed E-state index contributed by atoms with van der Waals surface area (Å²) >= 11 is 1.62. The number of carbonyl (C=O) groups is 1. The fourth-order valence-corrected chi connectivity index (χ4v) is 4.17. The highest BCUT2D eigenvalue weighted by molar-refractivity contribution is 7.09. The lowest BCUT2D eigenvalue weighted by atomic mass is 9.99. The molecule has 2 aromatic carbocycles. The molecular weight excluding hydrogens is 410 g/mol. The molecule has 0 radical (unpaired) electrons. The van der Waals surface area contributed by atoms with E-state index in [2.05, 4.69) is 5.32 Å². The van der Waals surface area contributed by atoms with E-state index in [0.717, 1.165) is 38.3 Å². The normalized spacial score (nSPS) is 11.5. The molecule has 0 aliphatic heterocycles. The number of nitrogens with one attached hydrogen (secondary N) is 1. The molecule has 0 unspecified atom stereocenters. The Morgan fingerprint density at radius 1 is 1.06 bits per heavy atom. The molecule has 31 heavy (non-hydrogen) atoms. The molecule has 0 saturated carbocycles. The van der Waals surface area contributed by atoms with Gasteiger partial charge in [0.25, 0.3) is 0 Å². The number of hydrogen-bond acceptors (Lipinski definition) is 5. The Morgan fingerprint density at radius 2 is 1.87 bits per heavy atom. The molecule has 0 bridgehead atoms. The monoisotopic (exact) mass is 433 g/mol. The summed E-state index contributed by atoms with van der Waals surface area (Å²) in [6.07, 6.45) is 3.32. The van der Waals surface area contributed by atoms with Crippen molar-refractivity contribution in [3.8, 4) is 22.6 Å². The van der Waals surface area contributed by atoms with Crippen molar-refractivity contribution in [2.75, 3.05) is 14.2 Å². The number of para-hydroxylation sites is 1. The van der Waals surface area contributed by atoms with E-state index in [1.807, 2.05) is 60.8 Å². The lowest BCUT2D eigenvalue weighted by Gasteiger charge is -2.11. The van der Waals surface area contributed by atoms with Gasteiger partial charge in [-0.3, -0.25) is 4.79 Å². The number of furan rings is 1. The predicted molar refractivity (Wildman–Crippen MR) is 125 cm³/mol. The van der Waals surface area contributed by atoms with Crippen molar-refractivity contribution in [2.45, 2.75) is 13.5 Å². The van der Waals surface area contributed by atoms with Gasteiger partial charge in [0.05, 0.1) is 27.0 Å². The lowest BCUT2D eigenvalue weighted by molar-refractivity contribution is -0.116. The number of thiophene rings is 1. The standard InChI is InChI=1S/C25H23NO4S/c1-16(11-25(27)26-14-17-7-6-10-31-17)19-12-20-21(15-30-24(20)13-23(19)29-3)18-8-4-5-9-22(18)28-2/h4-13,15H,14H2,1-3H3,(H,26,27)/b16-11+. The van der Waals surface area contributed by atoms with Crippen LogP contribution in [-0.2, 0) is 11.3 Å². The maximum absolute atomic E-state index is 12.4. The van der Waals surface area contributed by atoms with Crippen molar-refractivity contribution in [1.82, 2.24) is 5.32 Å². The minimum atomic E-state index is -0.148. The summed E-state index contributed by atoms with van der Waals surface area (Å²) in [5.74, 6) is 1.27. The van der Waals surface area contributed by atoms with Crippen LogP contribution in [0.2, 0.25) is 0 Å². The molecule has 0 aliphatic carbocycles. The molecule has 1 N–H and O–H groups in total. The number of amides is 1. The number of benzene rings is 2. The largest absolute Gasteiger partial charge is 0.496 e. The Labute approximate surface area is 184 Å². The number of methoxy groups -OCH3 is 2. The average Bonchev–Trinajstić information content (AvgIpc) is 3.46. The van der Waals surface area contributed by atoms with Crippen molar-refractivity contribution in [3.05, 3.63) is 76.7 Å². The van der Waals surface area contributed by atoms with Gasteiger partial charge in [0.1, 0.15) is 17.1 Å². The van der Waals surface area contributed by atoms with Crippen LogP contribution in [0, 0.1) is 0 Å². The lowest BCUT2D eigenvalue weighted by Crippen LogP contribution is -2.20. The Kier molecular flexibility index (Phi) is 6.09. The molecule has 0 fully saturated rings. The zero-order valence-corrected chi connectivity index (χ0v) is 18.4. The fraction of sp³-hybridized carbons (Fsp3) is 0.160. The van der Waals surface area contributed by atoms with Gasteiger partial charge in [-0.05, 0) is 36.1 Å². The first-order valence-electron chi connectivity index (χ1n) is 9.82. The third-order valence-electron chi connectivity index (χ3n) is 5.08. The summed E-state index contributed by atoms with van der Waals surface area (Å²) in [7, 11) is 3.26. The van der Waals surface area contributed by atoms with Gasteiger partial charge in [0.2, 0.25) is 5.91 Å². The van der Waals surface area contributed by atoms with Crippen LogP contribution in [0.25, 0.3) is 27.7 Å². The maximum Gasteiger partial charge on any atom is 0.244 e. The Bertz CT molecular complexity index is 1240. The van der Waals surface area contributed by atoms with Crippen molar-refractivity contribution < 1.29 is 18.7 Å². The van der Waals surface area contributed by atoms with Gasteiger partial charge in [-0.2, -0.15) is 0 Å². The average molecular weight is 434 g/mol. The number of carbonyl (C=O) groups excluding carboxylic acids is 1. The molecule has 6 heteroatoms. The molecule has 2 heterocycles. The van der Waals surface area contributed by atoms with Gasteiger partial charge in [-0.15, -0.1) is 11.3 Å². The minimum absolute atomic E-state index is 0.148. The molecule has 2 aromatic heterocycles. The second kappa shape index (κ2) is 9.10. The maximum atomic E-state index is 12.4. The number of ether oxygens (including phenoxy) is 2. The summed E-state index contributed by atoms with van der Waals surface area (Å²) in [6, 6.07) is 15.6. The summed E-state index contributed by atoms with van der Waals surface area (Å²) < 4.78 is 16.9. The van der Waals surface area contributed by atoms with E-state index in [0.29, 0.717) is 17.9 Å². The van der Waals surface area contributed by atoms with Gasteiger partial charge >= 0.3 is 0 Å². The van der Waals surface area contributed by atoms with Gasteiger partial charge < -0.3 is 19.2 Å². The minimum Gasteiger partial charge on any atom is -0.496 e. The predicted octanol–water partition coefficient (Wildman–Crippen LogP) is 5.90. The zero-order chi connectivity index (χ0) is 21.8. The van der Waals surface area contributed by atoms with E-state index in [1.165, 1.54) is 0 Å². The van der Waals surface area contributed by atoms with Crippen molar-refractivity contribution in [3.63, 3.8) is 0 Å². The fourth-order valence-electron chi connectivity index (χ4n) is 3.52. The molecule has 4 rings (SSSR count). The van der Waals surface area contributed by atoms with Crippen LogP contribution in [0.1, 0.15) is 17.4 Å². The Balaban J connectivity index is 1.70. The van der Waals surface area contributed by atoms with E-state index >= 15 is 0 Å². The highest BCUT2D eigenvalue weighted by Gasteiger charge is 2.16. The van der Waals surface area contributed by atoms with E-state index in [1.54, 1.807) is 37.9 Å². The quantitative estimate of drug-likeness (QED) is 0.369. The molecule has 1 amide bonds. The highest BCUT2D eigenvalue weighted by atomic mass is 32.1. The first-order chi connectivity index (χ1) is 15.1. The first kappa shape index (κ1) is 20.8. The van der Waals surface area contributed by atoms with Crippen molar-refractivity contribution in [2.24, 2.45) is 0 Å². The van der Waals surface area contributed by atoms with Gasteiger partial charge in [0, 0.05) is 39.1 Å². The van der Waals surface area contributed by atoms with E-state index < -0.39 is 0 Å². The SMILES string of the molecule is COc1cc2occ(-c3ccccc3OC)c2cc1/C(C)=C/C(=O)NCc1cccs1. The van der Waals surface area contributed by atoms with Gasteiger partial charge in [-0.25, -0.2) is 0 Å². The molecule has 0 atom stereocenters. The third-order valence-corrected chi connectivity index (χ3v) is 5.96. The summed E-state index contributed by atoms with van der Waals surface area (Å²) in [4.78, 5) is 13.6. The van der Waals surface area contributed by atoms with Gasteiger partial charge in [0.15, 0.2) is 0 Å². The van der Waals surface area contributed by atoms with Crippen molar-refractivity contribution >= 4 is 33.8 Å². The van der Waals surface area contributed by atoms with Crippen LogP contribution in [-0.4, -0.2) is 20.1 Å². The van der Waals surface area contributed by atoms with Crippen LogP contribution in [0.15, 0.2) is 70.7 Å². The zero-order valence-electron chi connectivity index (χ0n) is 17.6. The Hall–Kier alpha value is -3.51. The van der Waals surface area contributed by atoms with Crippen LogP contribution >= 0.6 is 11.3 Å². The van der Waals surface area contributed by atoms with Crippen LogP contribution in [0.5, 0.6) is 11.5 Å². The topological polar surface area (TPSA) is 60.7 Å². The second-order valence-electron chi connectivity index (χ2n) is 7.02. The summed E-state index contributed by atoms with van der Waals surface area (Å²) in [6.45, 7) is 2.41. The summed E-state index contributed by atoms with van der Waals surface area (Å²) in [5.41, 5.74) is 4.20.